The molecule has 0 unspecified atom stereocenters. The highest BCUT2D eigenvalue weighted by Gasteiger charge is 2.24. The lowest BCUT2D eigenvalue weighted by Gasteiger charge is -2.16. The number of ether oxygens (including phenoxy) is 1. The van der Waals surface area contributed by atoms with E-state index in [1.54, 1.807) is 12.3 Å². The minimum Gasteiger partial charge on any atom is -0.466 e. The van der Waals surface area contributed by atoms with Crippen LogP contribution >= 0.6 is 22.7 Å². The van der Waals surface area contributed by atoms with Crippen LogP contribution < -0.4 is 5.32 Å². The minimum absolute atomic E-state index is 0.0898. The zero-order valence-electron chi connectivity index (χ0n) is 17.4. The third-order valence-corrected chi connectivity index (χ3v) is 6.24. The molecule has 3 rings (SSSR count). The van der Waals surface area contributed by atoms with E-state index >= 15 is 0 Å². The average Bonchev–Trinajstić information content (AvgIpc) is 3.18. The van der Waals surface area contributed by atoms with E-state index in [0.29, 0.717) is 22.3 Å². The Balaban J connectivity index is 1.84. The second kappa shape index (κ2) is 8.16. The van der Waals surface area contributed by atoms with E-state index < -0.39 is 0 Å². The maximum Gasteiger partial charge on any atom is 0.311 e. The average molecular weight is 433 g/mol. The van der Waals surface area contributed by atoms with E-state index in [-0.39, 0.29) is 23.7 Å². The number of carbonyl (C=O) groups is 2. The Morgan fingerprint density at radius 1 is 1.17 bits per heavy atom. The van der Waals surface area contributed by atoms with Crippen molar-refractivity contribution in [2.75, 3.05) is 11.9 Å². The van der Waals surface area contributed by atoms with Gasteiger partial charge in [0.15, 0.2) is 5.13 Å². The molecule has 0 spiro atoms. The Morgan fingerprint density at radius 3 is 2.55 bits per heavy atom. The number of nitrogens with one attached hydrogen (secondary N) is 1. The number of anilines is 1. The lowest BCUT2D eigenvalue weighted by molar-refractivity contribution is -0.142. The zero-order valence-corrected chi connectivity index (χ0v) is 19.0. The minimum atomic E-state index is -0.334. The van der Waals surface area contributed by atoms with Crippen molar-refractivity contribution >= 4 is 49.9 Å². The summed E-state index contributed by atoms with van der Waals surface area (Å²) >= 11 is 2.64. The molecule has 1 amide bonds. The highest BCUT2D eigenvalue weighted by atomic mass is 32.1. The van der Waals surface area contributed by atoms with Crippen LogP contribution in [0.4, 0.5) is 5.13 Å². The van der Waals surface area contributed by atoms with E-state index in [9.17, 15) is 9.59 Å². The fraction of sp³-hybridized carbons (Fsp3) is 0.450. The molecule has 0 saturated heterocycles. The van der Waals surface area contributed by atoms with Crippen molar-refractivity contribution < 1.29 is 14.3 Å². The van der Waals surface area contributed by atoms with Crippen molar-refractivity contribution in [3.63, 3.8) is 0 Å². The van der Waals surface area contributed by atoms with E-state index in [1.807, 2.05) is 13.8 Å². The molecule has 3 aromatic rings. The van der Waals surface area contributed by atoms with Crippen molar-refractivity contribution in [2.24, 2.45) is 0 Å². The second-order valence-corrected chi connectivity index (χ2v) is 9.56. The van der Waals surface area contributed by atoms with Gasteiger partial charge >= 0.3 is 5.97 Å². The predicted molar refractivity (Wildman–Crippen MR) is 116 cm³/mol. The van der Waals surface area contributed by atoms with Crippen LogP contribution in [0.5, 0.6) is 0 Å². The molecule has 0 saturated carbocycles. The first-order valence-electron chi connectivity index (χ1n) is 9.29. The number of carbonyl (C=O) groups excluding carboxylic acids is 2. The van der Waals surface area contributed by atoms with Crippen LogP contribution in [0, 0.1) is 13.8 Å². The van der Waals surface area contributed by atoms with Gasteiger partial charge in [-0.05, 0) is 26.3 Å². The summed E-state index contributed by atoms with van der Waals surface area (Å²) in [6, 6.07) is 0. The number of rotatable bonds is 5. The Bertz CT molecular complexity index is 1080. The summed E-state index contributed by atoms with van der Waals surface area (Å²) in [5.74, 6) is 0.193. The molecule has 3 aromatic heterocycles. The van der Waals surface area contributed by atoms with Crippen molar-refractivity contribution in [3.8, 4) is 0 Å². The van der Waals surface area contributed by atoms with E-state index in [0.717, 1.165) is 27.3 Å². The Kier molecular flexibility index (Phi) is 6.00. The van der Waals surface area contributed by atoms with Crippen LogP contribution in [-0.4, -0.2) is 33.4 Å². The van der Waals surface area contributed by atoms with Gasteiger partial charge in [-0.15, -0.1) is 22.7 Å². The van der Waals surface area contributed by atoms with Gasteiger partial charge in [-0.1, -0.05) is 20.8 Å². The third-order valence-electron chi connectivity index (χ3n) is 4.25. The maximum atomic E-state index is 12.9. The Morgan fingerprint density at radius 2 is 1.90 bits per heavy atom. The first kappa shape index (κ1) is 21.3. The van der Waals surface area contributed by atoms with Gasteiger partial charge in [0.05, 0.1) is 29.3 Å². The molecule has 0 bridgehead atoms. The maximum absolute atomic E-state index is 12.9. The normalized spacial score (nSPS) is 11.7. The number of aromatic nitrogens is 3. The van der Waals surface area contributed by atoms with Gasteiger partial charge in [0.25, 0.3) is 5.91 Å². The van der Waals surface area contributed by atoms with Gasteiger partial charge in [-0.3, -0.25) is 14.9 Å². The van der Waals surface area contributed by atoms with Crippen LogP contribution in [0.1, 0.15) is 60.1 Å². The first-order valence-corrected chi connectivity index (χ1v) is 11.0. The standard InChI is InChI=1S/C20H24N4O3S2/c1-7-27-13(25)8-12-9-28-19(22-12)23-16(26)15-10(2)14-11(3)21-18(20(4,5)6)24-17(14)29-15/h9H,7-8H2,1-6H3,(H,22,23,26). The number of thiophene rings is 1. The molecule has 7 nitrogen and oxygen atoms in total. The topological polar surface area (TPSA) is 94.1 Å². The van der Waals surface area contributed by atoms with Crippen LogP contribution in [0.3, 0.4) is 0 Å². The van der Waals surface area contributed by atoms with Gasteiger partial charge in [0.2, 0.25) is 0 Å². The molecule has 29 heavy (non-hydrogen) atoms. The molecule has 3 heterocycles. The summed E-state index contributed by atoms with van der Waals surface area (Å²) in [6.45, 7) is 12.2. The molecule has 0 fully saturated rings. The van der Waals surface area contributed by atoms with Gasteiger partial charge < -0.3 is 4.74 Å². The predicted octanol–water partition coefficient (Wildman–Crippen LogP) is 4.42. The fourth-order valence-electron chi connectivity index (χ4n) is 2.85. The van der Waals surface area contributed by atoms with Crippen molar-refractivity contribution in [2.45, 2.75) is 53.4 Å². The van der Waals surface area contributed by atoms with E-state index in [1.165, 1.54) is 22.7 Å². The summed E-state index contributed by atoms with van der Waals surface area (Å²) in [6.07, 6.45) is 0.0898. The molecular weight excluding hydrogens is 408 g/mol. The molecular formula is C20H24N4O3S2. The molecule has 0 aliphatic carbocycles. The number of hydrogen-bond donors (Lipinski definition) is 1. The number of hydrogen-bond acceptors (Lipinski definition) is 8. The Hall–Kier alpha value is -2.39. The molecule has 0 radical (unpaired) electrons. The second-order valence-electron chi connectivity index (χ2n) is 7.70. The SMILES string of the molecule is CCOC(=O)Cc1csc(NC(=O)c2sc3nc(C(C)(C)C)nc(C)c3c2C)n1. The Labute approximate surface area is 177 Å². The summed E-state index contributed by atoms with van der Waals surface area (Å²) in [7, 11) is 0. The van der Waals surface area contributed by atoms with Crippen molar-refractivity contribution in [1.29, 1.82) is 0 Å². The number of nitrogens with zero attached hydrogens (tertiary/aromatic N) is 3. The van der Waals surface area contributed by atoms with Gasteiger partial charge in [0, 0.05) is 16.2 Å². The number of amides is 1. The number of esters is 1. The summed E-state index contributed by atoms with van der Waals surface area (Å²) in [4.78, 5) is 39.5. The molecule has 0 aromatic carbocycles. The molecule has 1 N–H and O–H groups in total. The zero-order chi connectivity index (χ0) is 21.3. The van der Waals surface area contributed by atoms with Crippen LogP contribution in [0.25, 0.3) is 10.2 Å². The summed E-state index contributed by atoms with van der Waals surface area (Å²) < 4.78 is 4.93. The lowest BCUT2D eigenvalue weighted by Crippen LogP contribution is -2.16. The summed E-state index contributed by atoms with van der Waals surface area (Å²) in [5, 5.41) is 5.95. The molecule has 0 atom stereocenters. The van der Waals surface area contributed by atoms with Crippen LogP contribution in [0.15, 0.2) is 5.38 Å². The van der Waals surface area contributed by atoms with Gasteiger partial charge in [-0.2, -0.15) is 0 Å². The summed E-state index contributed by atoms with van der Waals surface area (Å²) in [5.41, 5.74) is 2.14. The first-order chi connectivity index (χ1) is 13.6. The van der Waals surface area contributed by atoms with Crippen LogP contribution in [-0.2, 0) is 21.4 Å². The van der Waals surface area contributed by atoms with E-state index in [4.69, 9.17) is 9.72 Å². The van der Waals surface area contributed by atoms with E-state index in [2.05, 4.69) is 36.1 Å². The van der Waals surface area contributed by atoms with Gasteiger partial charge in [0.1, 0.15) is 10.7 Å². The highest BCUT2D eigenvalue weighted by Crippen LogP contribution is 2.33. The highest BCUT2D eigenvalue weighted by molar-refractivity contribution is 7.21. The van der Waals surface area contributed by atoms with Gasteiger partial charge in [-0.25, -0.2) is 15.0 Å². The molecule has 0 aliphatic rings. The number of fused-ring (bicyclic) bond motifs is 1. The largest absolute Gasteiger partial charge is 0.466 e. The quantitative estimate of drug-likeness (QED) is 0.600. The molecule has 154 valence electrons. The van der Waals surface area contributed by atoms with Crippen LogP contribution in [0.2, 0.25) is 0 Å². The number of thiazole rings is 1. The fourth-order valence-corrected chi connectivity index (χ4v) is 4.68. The van der Waals surface area contributed by atoms with Crippen molar-refractivity contribution in [1.82, 2.24) is 15.0 Å². The molecule has 9 heteroatoms. The number of aryl methyl sites for hydroxylation is 2. The van der Waals surface area contributed by atoms with Crippen molar-refractivity contribution in [3.05, 3.63) is 33.0 Å². The lowest BCUT2D eigenvalue weighted by atomic mass is 9.95. The smallest absolute Gasteiger partial charge is 0.311 e. The third kappa shape index (κ3) is 4.62. The molecule has 0 aliphatic heterocycles. The monoisotopic (exact) mass is 432 g/mol.